The Balaban J connectivity index is 1.84. The lowest BCUT2D eigenvalue weighted by atomic mass is 10.1. The molecule has 0 radical (unpaired) electrons. The van der Waals surface area contributed by atoms with Crippen LogP contribution < -0.4 is 10.5 Å². The molecule has 0 atom stereocenters. The molecule has 3 heteroatoms. The molecule has 3 nitrogen and oxygen atoms in total. The first-order valence-electron chi connectivity index (χ1n) is 7.20. The van der Waals surface area contributed by atoms with Crippen LogP contribution in [-0.4, -0.2) is 4.98 Å². The lowest BCUT2D eigenvalue weighted by Gasteiger charge is -2.11. The molecule has 1 aromatic heterocycles. The van der Waals surface area contributed by atoms with E-state index in [0.29, 0.717) is 18.0 Å². The second-order valence-corrected chi connectivity index (χ2v) is 5.28. The topological polar surface area (TPSA) is 48.1 Å². The first-order chi connectivity index (χ1) is 10.7. The number of anilines is 1. The van der Waals surface area contributed by atoms with Crippen LogP contribution in [0.5, 0.6) is 5.75 Å². The molecule has 0 aliphatic heterocycles. The maximum atomic E-state index is 6.02. The van der Waals surface area contributed by atoms with Crippen LogP contribution in [0.4, 0.5) is 5.69 Å². The highest BCUT2D eigenvalue weighted by Crippen LogP contribution is 2.29. The van der Waals surface area contributed by atoms with E-state index < -0.39 is 0 Å². The second kappa shape index (κ2) is 6.31. The van der Waals surface area contributed by atoms with Gasteiger partial charge in [0.2, 0.25) is 0 Å². The highest BCUT2D eigenvalue weighted by atomic mass is 16.5. The summed E-state index contributed by atoms with van der Waals surface area (Å²) < 4.78 is 5.87. The second-order valence-electron chi connectivity index (χ2n) is 5.28. The normalized spacial score (nSPS) is 10.4. The summed E-state index contributed by atoms with van der Waals surface area (Å²) in [6.45, 7) is 2.53. The van der Waals surface area contributed by atoms with Gasteiger partial charge in [-0.3, -0.25) is 4.98 Å². The number of ether oxygens (including phenoxy) is 1. The molecule has 2 aromatic carbocycles. The summed E-state index contributed by atoms with van der Waals surface area (Å²) in [6.07, 6.45) is 3.69. The van der Waals surface area contributed by atoms with E-state index in [9.17, 15) is 0 Å². The van der Waals surface area contributed by atoms with Gasteiger partial charge in [0.1, 0.15) is 12.4 Å². The third-order valence-corrected chi connectivity index (χ3v) is 3.46. The fraction of sp³-hybridized carbons (Fsp3) is 0.105. The van der Waals surface area contributed by atoms with Crippen molar-refractivity contribution in [3.8, 4) is 16.9 Å². The van der Waals surface area contributed by atoms with E-state index in [1.807, 2.05) is 67.8 Å². The number of rotatable bonds is 4. The van der Waals surface area contributed by atoms with Gasteiger partial charge in [0, 0.05) is 18.0 Å². The van der Waals surface area contributed by atoms with Crippen molar-refractivity contribution < 1.29 is 4.74 Å². The van der Waals surface area contributed by atoms with Crippen molar-refractivity contribution in [2.24, 2.45) is 0 Å². The molecule has 1 heterocycles. The van der Waals surface area contributed by atoms with Crippen LogP contribution in [0, 0.1) is 6.92 Å². The molecule has 0 spiro atoms. The Bertz CT molecular complexity index is 769. The van der Waals surface area contributed by atoms with E-state index >= 15 is 0 Å². The average Bonchev–Trinajstić information content (AvgIpc) is 2.55. The Morgan fingerprint density at radius 1 is 0.955 bits per heavy atom. The molecule has 0 saturated heterocycles. The van der Waals surface area contributed by atoms with Crippen molar-refractivity contribution in [3.05, 3.63) is 78.1 Å². The van der Waals surface area contributed by atoms with Gasteiger partial charge in [0.25, 0.3) is 0 Å². The van der Waals surface area contributed by atoms with Gasteiger partial charge in [-0.2, -0.15) is 0 Å². The molecule has 22 heavy (non-hydrogen) atoms. The summed E-state index contributed by atoms with van der Waals surface area (Å²) in [6, 6.07) is 18.0. The van der Waals surface area contributed by atoms with Gasteiger partial charge in [-0.05, 0) is 41.8 Å². The lowest BCUT2D eigenvalue weighted by Crippen LogP contribution is -1.99. The summed E-state index contributed by atoms with van der Waals surface area (Å²) >= 11 is 0. The van der Waals surface area contributed by atoms with Gasteiger partial charge < -0.3 is 10.5 Å². The van der Waals surface area contributed by atoms with Gasteiger partial charge in [-0.25, -0.2) is 0 Å². The van der Waals surface area contributed by atoms with Gasteiger partial charge in [-0.1, -0.05) is 36.4 Å². The number of aromatic nitrogens is 1. The largest absolute Gasteiger partial charge is 0.487 e. The number of hydrogen-bond donors (Lipinski definition) is 1. The number of pyridine rings is 1. The molecule has 3 rings (SSSR count). The maximum absolute atomic E-state index is 6.02. The first-order valence-corrected chi connectivity index (χ1v) is 7.20. The number of nitrogen functional groups attached to an aromatic ring is 1. The summed E-state index contributed by atoms with van der Waals surface area (Å²) in [7, 11) is 0. The molecule has 0 fully saturated rings. The van der Waals surface area contributed by atoms with Crippen LogP contribution in [0.1, 0.15) is 11.1 Å². The van der Waals surface area contributed by atoms with Crippen LogP contribution >= 0.6 is 0 Å². The SMILES string of the molecule is Cc1cncc(-c2ccc(N)c(OCc3ccccc3)c2)c1. The Labute approximate surface area is 130 Å². The molecule has 3 aromatic rings. The number of hydrogen-bond acceptors (Lipinski definition) is 3. The first kappa shape index (κ1) is 14.1. The van der Waals surface area contributed by atoms with Crippen LogP contribution in [0.3, 0.4) is 0 Å². The molecule has 110 valence electrons. The predicted molar refractivity (Wildman–Crippen MR) is 89.6 cm³/mol. The smallest absolute Gasteiger partial charge is 0.143 e. The summed E-state index contributed by atoms with van der Waals surface area (Å²) in [5.74, 6) is 0.697. The molecule has 0 unspecified atom stereocenters. The molecule has 0 amide bonds. The number of nitrogens with two attached hydrogens (primary N) is 1. The van der Waals surface area contributed by atoms with E-state index in [2.05, 4.69) is 11.1 Å². The van der Waals surface area contributed by atoms with Gasteiger partial charge >= 0.3 is 0 Å². The Morgan fingerprint density at radius 3 is 2.55 bits per heavy atom. The minimum atomic E-state index is 0.501. The van der Waals surface area contributed by atoms with Gasteiger partial charge in [0.15, 0.2) is 0 Å². The Morgan fingerprint density at radius 2 is 1.77 bits per heavy atom. The summed E-state index contributed by atoms with van der Waals surface area (Å²) in [5, 5.41) is 0. The fourth-order valence-corrected chi connectivity index (χ4v) is 2.29. The minimum absolute atomic E-state index is 0.501. The fourth-order valence-electron chi connectivity index (χ4n) is 2.29. The maximum Gasteiger partial charge on any atom is 0.143 e. The molecule has 0 aliphatic rings. The molecular formula is C19H18N2O. The van der Waals surface area contributed by atoms with Crippen molar-refractivity contribution in [2.45, 2.75) is 13.5 Å². The van der Waals surface area contributed by atoms with E-state index in [1.165, 1.54) is 0 Å². The number of aryl methyl sites for hydroxylation is 1. The van der Waals surface area contributed by atoms with Gasteiger partial charge in [0.05, 0.1) is 5.69 Å². The summed E-state index contributed by atoms with van der Waals surface area (Å²) in [5.41, 5.74) is 11.0. The number of benzene rings is 2. The van der Waals surface area contributed by atoms with Crippen LogP contribution in [0.25, 0.3) is 11.1 Å². The van der Waals surface area contributed by atoms with Crippen molar-refractivity contribution in [2.75, 3.05) is 5.73 Å². The van der Waals surface area contributed by atoms with Crippen molar-refractivity contribution in [1.29, 1.82) is 0 Å². The predicted octanol–water partition coefficient (Wildman–Crippen LogP) is 4.22. The average molecular weight is 290 g/mol. The third kappa shape index (κ3) is 3.26. The molecule has 0 bridgehead atoms. The van der Waals surface area contributed by atoms with Crippen LogP contribution in [-0.2, 0) is 6.61 Å². The van der Waals surface area contributed by atoms with Crippen molar-refractivity contribution >= 4 is 5.69 Å². The monoisotopic (exact) mass is 290 g/mol. The van der Waals surface area contributed by atoms with Gasteiger partial charge in [-0.15, -0.1) is 0 Å². The number of nitrogens with zero attached hydrogens (tertiary/aromatic N) is 1. The van der Waals surface area contributed by atoms with E-state index in [4.69, 9.17) is 10.5 Å². The van der Waals surface area contributed by atoms with E-state index in [0.717, 1.165) is 22.3 Å². The van der Waals surface area contributed by atoms with E-state index in [-0.39, 0.29) is 0 Å². The van der Waals surface area contributed by atoms with Crippen LogP contribution in [0.2, 0.25) is 0 Å². The van der Waals surface area contributed by atoms with Crippen molar-refractivity contribution in [3.63, 3.8) is 0 Å². The zero-order valence-electron chi connectivity index (χ0n) is 12.5. The quantitative estimate of drug-likeness (QED) is 0.732. The zero-order chi connectivity index (χ0) is 15.4. The van der Waals surface area contributed by atoms with Crippen molar-refractivity contribution in [1.82, 2.24) is 4.98 Å². The standard InChI is InChI=1S/C19H18N2O/c1-14-9-17(12-21-11-14)16-7-8-18(20)19(10-16)22-13-15-5-3-2-4-6-15/h2-12H,13,20H2,1H3. The third-order valence-electron chi connectivity index (χ3n) is 3.46. The van der Waals surface area contributed by atoms with Crippen LogP contribution in [0.15, 0.2) is 67.0 Å². The molecule has 0 aliphatic carbocycles. The minimum Gasteiger partial charge on any atom is -0.487 e. The zero-order valence-corrected chi connectivity index (χ0v) is 12.5. The Kier molecular flexibility index (Phi) is 4.05. The molecule has 0 saturated carbocycles. The lowest BCUT2D eigenvalue weighted by molar-refractivity contribution is 0.308. The Hall–Kier alpha value is -2.81. The highest BCUT2D eigenvalue weighted by molar-refractivity contribution is 5.69. The summed E-state index contributed by atoms with van der Waals surface area (Å²) in [4.78, 5) is 4.23. The molecular weight excluding hydrogens is 272 g/mol. The highest BCUT2D eigenvalue weighted by Gasteiger charge is 2.05. The van der Waals surface area contributed by atoms with E-state index in [1.54, 1.807) is 0 Å². The molecule has 2 N–H and O–H groups in total.